The van der Waals surface area contributed by atoms with Gasteiger partial charge in [0.05, 0.1) is 12.6 Å². The summed E-state index contributed by atoms with van der Waals surface area (Å²) in [7, 11) is 0. The Labute approximate surface area is 130 Å². The van der Waals surface area contributed by atoms with E-state index >= 15 is 0 Å². The Morgan fingerprint density at radius 3 is 2.45 bits per heavy atom. The van der Waals surface area contributed by atoms with Gasteiger partial charge in [0.25, 0.3) is 5.92 Å². The van der Waals surface area contributed by atoms with Gasteiger partial charge in [-0.3, -0.25) is 10.1 Å². The molecule has 20 heavy (non-hydrogen) atoms. The normalized spacial score (nSPS) is 25.4. The first-order valence-corrected chi connectivity index (χ1v) is 6.68. The van der Waals surface area contributed by atoms with Crippen LogP contribution in [0, 0.1) is 0 Å². The lowest BCUT2D eigenvalue weighted by atomic mass is 10.1. The molecule has 0 aromatic heterocycles. The van der Waals surface area contributed by atoms with Gasteiger partial charge in [-0.05, 0) is 25.9 Å². The summed E-state index contributed by atoms with van der Waals surface area (Å²) >= 11 is 0. The molecule has 1 atom stereocenters. The fraction of sp³-hybridized carbons (Fsp3) is 0.917. The van der Waals surface area contributed by atoms with Gasteiger partial charge in [0.2, 0.25) is 5.91 Å². The van der Waals surface area contributed by atoms with Crippen molar-refractivity contribution in [1.29, 1.82) is 0 Å². The maximum Gasteiger partial charge on any atom is 0.262 e. The van der Waals surface area contributed by atoms with Crippen LogP contribution in [0.15, 0.2) is 0 Å². The van der Waals surface area contributed by atoms with Gasteiger partial charge in [0.15, 0.2) is 0 Å². The number of nitrogens with one attached hydrogen (secondary N) is 2. The molecule has 120 valence electrons. The van der Waals surface area contributed by atoms with Gasteiger partial charge in [0, 0.05) is 19.5 Å². The number of amides is 1. The predicted octanol–water partition coefficient (Wildman–Crippen LogP) is 1.43. The van der Waals surface area contributed by atoms with Crippen LogP contribution in [0.25, 0.3) is 0 Å². The highest BCUT2D eigenvalue weighted by molar-refractivity contribution is 5.85. The van der Waals surface area contributed by atoms with E-state index in [0.717, 1.165) is 19.6 Å². The van der Waals surface area contributed by atoms with E-state index < -0.39 is 18.5 Å². The number of nitrogens with zero attached hydrogens (tertiary/aromatic N) is 1. The van der Waals surface area contributed by atoms with Crippen LogP contribution < -0.4 is 10.6 Å². The van der Waals surface area contributed by atoms with Crippen LogP contribution in [0.3, 0.4) is 0 Å². The van der Waals surface area contributed by atoms with Gasteiger partial charge >= 0.3 is 0 Å². The molecule has 0 radical (unpaired) electrons. The third-order valence-electron chi connectivity index (χ3n) is 3.60. The number of rotatable bonds is 4. The molecule has 0 aliphatic carbocycles. The lowest BCUT2D eigenvalue weighted by molar-refractivity contribution is -0.123. The predicted molar refractivity (Wildman–Crippen MR) is 79.2 cm³/mol. The Bertz CT molecular complexity index is 302. The molecule has 0 saturated carbocycles. The van der Waals surface area contributed by atoms with E-state index in [0.29, 0.717) is 6.54 Å². The molecule has 2 rings (SSSR count). The molecule has 2 saturated heterocycles. The highest BCUT2D eigenvalue weighted by Gasteiger charge is 2.42. The zero-order valence-electron chi connectivity index (χ0n) is 11.4. The summed E-state index contributed by atoms with van der Waals surface area (Å²) < 4.78 is 25.8. The van der Waals surface area contributed by atoms with E-state index in [9.17, 15) is 13.6 Å². The number of piperidine rings is 1. The molecule has 2 aliphatic rings. The lowest BCUT2D eigenvalue weighted by Gasteiger charge is -2.26. The number of carbonyl (C=O) groups is 1. The van der Waals surface area contributed by atoms with Crippen molar-refractivity contribution in [2.24, 2.45) is 0 Å². The summed E-state index contributed by atoms with van der Waals surface area (Å²) in [5.74, 6) is -3.04. The lowest BCUT2D eigenvalue weighted by Crippen LogP contribution is -2.44. The molecule has 0 spiro atoms. The molecule has 0 aromatic carbocycles. The summed E-state index contributed by atoms with van der Waals surface area (Å²) in [6.45, 7) is 3.12. The summed E-state index contributed by atoms with van der Waals surface area (Å²) in [6, 6.07) is -0.735. The molecular formula is C12H23Cl2F2N3O. The smallest absolute Gasteiger partial charge is 0.262 e. The Morgan fingerprint density at radius 1 is 1.25 bits per heavy atom. The number of carbonyl (C=O) groups excluding carboxylic acids is 1. The summed E-state index contributed by atoms with van der Waals surface area (Å²) in [5.41, 5.74) is 0. The second-order valence-electron chi connectivity index (χ2n) is 5.19. The monoisotopic (exact) mass is 333 g/mol. The Morgan fingerprint density at radius 2 is 1.90 bits per heavy atom. The molecule has 2 fully saturated rings. The van der Waals surface area contributed by atoms with Crippen LogP contribution in [0.4, 0.5) is 8.78 Å². The van der Waals surface area contributed by atoms with E-state index in [-0.39, 0.29) is 37.1 Å². The van der Waals surface area contributed by atoms with Crippen molar-refractivity contribution in [1.82, 2.24) is 15.5 Å². The maximum atomic E-state index is 12.9. The van der Waals surface area contributed by atoms with Gasteiger partial charge in [0.1, 0.15) is 0 Å². The minimum absolute atomic E-state index is 0. The fourth-order valence-corrected chi connectivity index (χ4v) is 2.54. The maximum absolute atomic E-state index is 12.9. The van der Waals surface area contributed by atoms with Gasteiger partial charge in [-0.2, -0.15) is 0 Å². The summed E-state index contributed by atoms with van der Waals surface area (Å²) in [4.78, 5) is 14.0. The third-order valence-corrected chi connectivity index (χ3v) is 3.60. The average molecular weight is 334 g/mol. The molecular weight excluding hydrogens is 311 g/mol. The summed E-state index contributed by atoms with van der Waals surface area (Å²) in [6.07, 6.45) is 3.32. The number of likely N-dealkylation sites (tertiary alicyclic amines) is 1. The largest absolute Gasteiger partial charge is 0.353 e. The molecule has 0 aromatic rings. The highest BCUT2D eigenvalue weighted by Crippen LogP contribution is 2.24. The number of halogens is 4. The minimum atomic E-state index is -2.74. The zero-order chi connectivity index (χ0) is 13.0. The van der Waals surface area contributed by atoms with Crippen molar-refractivity contribution < 1.29 is 13.6 Å². The number of alkyl halides is 2. The molecule has 2 aliphatic heterocycles. The first kappa shape index (κ1) is 19.8. The van der Waals surface area contributed by atoms with Crippen molar-refractivity contribution in [3.8, 4) is 0 Å². The topological polar surface area (TPSA) is 44.4 Å². The number of hydrogen-bond acceptors (Lipinski definition) is 3. The van der Waals surface area contributed by atoms with E-state index in [1.54, 1.807) is 0 Å². The highest BCUT2D eigenvalue weighted by atomic mass is 35.5. The third kappa shape index (κ3) is 6.08. The first-order chi connectivity index (χ1) is 8.57. The Hall–Kier alpha value is -0.170. The summed E-state index contributed by atoms with van der Waals surface area (Å²) in [5, 5.41) is 5.29. The van der Waals surface area contributed by atoms with Crippen LogP contribution in [0.1, 0.15) is 25.7 Å². The van der Waals surface area contributed by atoms with Gasteiger partial charge in [-0.25, -0.2) is 8.78 Å². The van der Waals surface area contributed by atoms with E-state index in [2.05, 4.69) is 15.5 Å². The van der Waals surface area contributed by atoms with Gasteiger partial charge in [-0.1, -0.05) is 6.42 Å². The van der Waals surface area contributed by atoms with Crippen molar-refractivity contribution in [2.75, 3.05) is 32.7 Å². The molecule has 1 unspecified atom stereocenters. The molecule has 0 bridgehead atoms. The van der Waals surface area contributed by atoms with E-state index in [1.807, 2.05) is 0 Å². The van der Waals surface area contributed by atoms with Gasteiger partial charge in [-0.15, -0.1) is 24.8 Å². The van der Waals surface area contributed by atoms with E-state index in [1.165, 1.54) is 19.3 Å². The molecule has 2 N–H and O–H groups in total. The van der Waals surface area contributed by atoms with Crippen LogP contribution in [-0.2, 0) is 4.79 Å². The average Bonchev–Trinajstić information content (AvgIpc) is 2.71. The zero-order valence-corrected chi connectivity index (χ0v) is 13.0. The quantitative estimate of drug-likeness (QED) is 0.818. The van der Waals surface area contributed by atoms with Crippen LogP contribution >= 0.6 is 24.8 Å². The van der Waals surface area contributed by atoms with Crippen LogP contribution in [0.2, 0.25) is 0 Å². The first-order valence-electron chi connectivity index (χ1n) is 6.68. The Kier molecular flexibility index (Phi) is 8.90. The second-order valence-corrected chi connectivity index (χ2v) is 5.19. The van der Waals surface area contributed by atoms with Crippen molar-refractivity contribution in [3.63, 3.8) is 0 Å². The van der Waals surface area contributed by atoms with Crippen LogP contribution in [-0.4, -0.2) is 55.5 Å². The molecule has 4 nitrogen and oxygen atoms in total. The minimum Gasteiger partial charge on any atom is -0.353 e. The van der Waals surface area contributed by atoms with Gasteiger partial charge < -0.3 is 10.2 Å². The van der Waals surface area contributed by atoms with Crippen molar-refractivity contribution >= 4 is 30.7 Å². The standard InChI is InChI=1S/C12H21F2N3O.2ClH/c13-12(14)8-10(16-9-12)11(18)15-4-7-17-5-2-1-3-6-17;;/h10,16H,1-9H2,(H,15,18);2*1H. The molecule has 1 amide bonds. The van der Waals surface area contributed by atoms with E-state index in [4.69, 9.17) is 0 Å². The Balaban J connectivity index is 0.00000180. The SMILES string of the molecule is Cl.Cl.O=C(NCCN1CCCCC1)C1CC(F)(F)CN1. The molecule has 8 heteroatoms. The van der Waals surface area contributed by atoms with Crippen molar-refractivity contribution in [3.05, 3.63) is 0 Å². The number of hydrogen-bond donors (Lipinski definition) is 2. The fourth-order valence-electron chi connectivity index (χ4n) is 2.54. The molecule has 2 heterocycles. The second kappa shape index (κ2) is 8.97. The van der Waals surface area contributed by atoms with Crippen molar-refractivity contribution in [2.45, 2.75) is 37.6 Å². The van der Waals surface area contributed by atoms with Crippen LogP contribution in [0.5, 0.6) is 0 Å².